The summed E-state index contributed by atoms with van der Waals surface area (Å²) < 4.78 is 41.4. The first-order valence-corrected chi connectivity index (χ1v) is 11.8. The molecule has 31 heavy (non-hydrogen) atoms. The molecule has 7 heteroatoms. The zero-order chi connectivity index (χ0) is 21.4. The molecule has 0 aliphatic heterocycles. The summed E-state index contributed by atoms with van der Waals surface area (Å²) in [6.45, 7) is 0. The van der Waals surface area contributed by atoms with Crippen molar-refractivity contribution in [2.24, 2.45) is 0 Å². The quantitative estimate of drug-likeness (QED) is 0.495. The van der Waals surface area contributed by atoms with E-state index in [0.717, 1.165) is 41.4 Å². The third-order valence-corrected chi connectivity index (χ3v) is 7.37. The van der Waals surface area contributed by atoms with Gasteiger partial charge in [-0.25, -0.2) is 17.5 Å². The van der Waals surface area contributed by atoms with Crippen LogP contribution >= 0.6 is 0 Å². The fraction of sp³-hybridized carbons (Fsp3) is 0.208. The van der Waals surface area contributed by atoms with Gasteiger partial charge in [-0.2, -0.15) is 0 Å². The molecule has 1 aliphatic carbocycles. The van der Waals surface area contributed by atoms with Crippen molar-refractivity contribution in [1.82, 2.24) is 14.7 Å². The van der Waals surface area contributed by atoms with E-state index in [-0.39, 0.29) is 10.9 Å². The minimum absolute atomic E-state index is 0.0809. The Labute approximate surface area is 180 Å². The minimum Gasteiger partial charge on any atom is -0.358 e. The highest BCUT2D eigenvalue weighted by Crippen LogP contribution is 2.31. The Balaban J connectivity index is 1.40. The Morgan fingerprint density at radius 2 is 1.94 bits per heavy atom. The van der Waals surface area contributed by atoms with Gasteiger partial charge in [0.05, 0.1) is 4.90 Å². The Bertz CT molecular complexity index is 1330. The topological polar surface area (TPSA) is 74.8 Å². The van der Waals surface area contributed by atoms with Crippen molar-refractivity contribution in [1.29, 1.82) is 0 Å². The SMILES string of the molecule is O=S(=O)(NC1CCc2[nH]c3ccc(Cc4cccnc4)cc3c2C1)c1ccc(F)cc1. The molecule has 0 radical (unpaired) electrons. The van der Waals surface area contributed by atoms with E-state index in [1.165, 1.54) is 29.0 Å². The highest BCUT2D eigenvalue weighted by Gasteiger charge is 2.27. The average molecular weight is 436 g/mol. The normalized spacial score (nSPS) is 16.4. The first-order chi connectivity index (χ1) is 15.0. The standard InChI is InChI=1S/C24H22FN3O2S/c25-18-4-7-20(8-5-18)31(29,30)28-19-6-10-24-22(14-19)21-13-16(3-9-23(21)27-24)12-17-2-1-11-26-15-17/h1-5,7-9,11,13,15,19,27-28H,6,10,12,14H2. The van der Waals surface area contributed by atoms with Crippen molar-refractivity contribution in [2.75, 3.05) is 0 Å². The molecule has 1 atom stereocenters. The summed E-state index contributed by atoms with van der Waals surface area (Å²) in [5.41, 5.74) is 5.75. The van der Waals surface area contributed by atoms with Crippen LogP contribution in [0, 0.1) is 5.82 Å². The Morgan fingerprint density at radius 1 is 1.10 bits per heavy atom. The highest BCUT2D eigenvalue weighted by molar-refractivity contribution is 7.89. The molecule has 5 rings (SSSR count). The van der Waals surface area contributed by atoms with E-state index in [1.807, 2.05) is 12.3 Å². The number of pyridine rings is 1. The number of nitrogens with one attached hydrogen (secondary N) is 2. The summed E-state index contributed by atoms with van der Waals surface area (Å²) >= 11 is 0. The molecule has 2 aromatic heterocycles. The van der Waals surface area contributed by atoms with Gasteiger partial charge in [0.25, 0.3) is 0 Å². The van der Waals surface area contributed by atoms with Crippen LogP contribution in [0.25, 0.3) is 10.9 Å². The summed E-state index contributed by atoms with van der Waals surface area (Å²) in [5.74, 6) is -0.456. The van der Waals surface area contributed by atoms with E-state index >= 15 is 0 Å². The number of rotatable bonds is 5. The highest BCUT2D eigenvalue weighted by atomic mass is 32.2. The maximum Gasteiger partial charge on any atom is 0.240 e. The monoisotopic (exact) mass is 435 g/mol. The third-order valence-electron chi connectivity index (χ3n) is 5.83. The molecule has 0 fully saturated rings. The van der Waals surface area contributed by atoms with Gasteiger partial charge in [-0.3, -0.25) is 4.98 Å². The van der Waals surface area contributed by atoms with Crippen molar-refractivity contribution in [3.05, 3.63) is 95.2 Å². The van der Waals surface area contributed by atoms with E-state index in [9.17, 15) is 12.8 Å². The molecule has 0 saturated carbocycles. The van der Waals surface area contributed by atoms with E-state index in [0.29, 0.717) is 12.8 Å². The van der Waals surface area contributed by atoms with Crippen molar-refractivity contribution in [3.8, 4) is 0 Å². The number of hydrogen-bond donors (Lipinski definition) is 2. The second-order valence-electron chi connectivity index (χ2n) is 8.02. The van der Waals surface area contributed by atoms with Gasteiger partial charge < -0.3 is 4.98 Å². The van der Waals surface area contributed by atoms with Gasteiger partial charge in [0.15, 0.2) is 0 Å². The number of fused-ring (bicyclic) bond motifs is 3. The van der Waals surface area contributed by atoms with Crippen LogP contribution in [0.1, 0.15) is 28.8 Å². The smallest absolute Gasteiger partial charge is 0.240 e. The van der Waals surface area contributed by atoms with Gasteiger partial charge in [-0.1, -0.05) is 12.1 Å². The second kappa shape index (κ2) is 7.90. The van der Waals surface area contributed by atoms with Crippen LogP contribution in [-0.2, 0) is 29.3 Å². The Hall–Kier alpha value is -3.03. The zero-order valence-electron chi connectivity index (χ0n) is 16.8. The lowest BCUT2D eigenvalue weighted by Crippen LogP contribution is -2.38. The van der Waals surface area contributed by atoms with Crippen molar-refractivity contribution >= 4 is 20.9 Å². The summed E-state index contributed by atoms with van der Waals surface area (Å²) in [7, 11) is -3.70. The maximum atomic E-state index is 13.2. The zero-order valence-corrected chi connectivity index (χ0v) is 17.6. The molecular weight excluding hydrogens is 413 g/mol. The van der Waals surface area contributed by atoms with Crippen LogP contribution in [0.3, 0.4) is 0 Å². The number of halogens is 1. The van der Waals surface area contributed by atoms with Crippen LogP contribution in [0.4, 0.5) is 4.39 Å². The van der Waals surface area contributed by atoms with Crippen LogP contribution in [-0.4, -0.2) is 24.4 Å². The number of aromatic nitrogens is 2. The predicted octanol–water partition coefficient (Wildman–Crippen LogP) is 4.13. The lowest BCUT2D eigenvalue weighted by molar-refractivity contribution is 0.506. The fourth-order valence-corrected chi connectivity index (χ4v) is 5.58. The number of H-pyrrole nitrogens is 1. The van der Waals surface area contributed by atoms with Gasteiger partial charge in [-0.15, -0.1) is 0 Å². The van der Waals surface area contributed by atoms with E-state index in [4.69, 9.17) is 0 Å². The average Bonchev–Trinajstić information content (AvgIpc) is 3.12. The molecule has 1 unspecified atom stereocenters. The molecule has 2 heterocycles. The van der Waals surface area contributed by atoms with Gasteiger partial charge in [0.2, 0.25) is 10.0 Å². The van der Waals surface area contributed by atoms with Gasteiger partial charge in [0, 0.05) is 35.0 Å². The van der Waals surface area contributed by atoms with Crippen LogP contribution in [0.15, 0.2) is 71.9 Å². The minimum atomic E-state index is -3.70. The van der Waals surface area contributed by atoms with Crippen molar-refractivity contribution < 1.29 is 12.8 Å². The van der Waals surface area contributed by atoms with Crippen LogP contribution in [0.2, 0.25) is 0 Å². The summed E-state index contributed by atoms with van der Waals surface area (Å²) in [5, 5.41) is 1.14. The maximum absolute atomic E-state index is 13.2. The largest absolute Gasteiger partial charge is 0.358 e. The number of sulfonamides is 1. The second-order valence-corrected chi connectivity index (χ2v) is 9.73. The van der Waals surface area contributed by atoms with Crippen LogP contribution < -0.4 is 4.72 Å². The number of hydrogen-bond acceptors (Lipinski definition) is 3. The Morgan fingerprint density at radius 3 is 2.71 bits per heavy atom. The lowest BCUT2D eigenvalue weighted by Gasteiger charge is -2.23. The summed E-state index contributed by atoms with van der Waals surface area (Å²) in [6.07, 6.45) is 6.54. The molecule has 0 amide bonds. The number of nitrogens with zero attached hydrogens (tertiary/aromatic N) is 1. The van der Waals surface area contributed by atoms with E-state index < -0.39 is 15.8 Å². The Kier molecular flexibility index (Phi) is 5.08. The molecule has 0 bridgehead atoms. The molecular formula is C24H22FN3O2S. The molecule has 2 N–H and O–H groups in total. The molecule has 0 spiro atoms. The molecule has 5 nitrogen and oxygen atoms in total. The lowest BCUT2D eigenvalue weighted by atomic mass is 9.91. The van der Waals surface area contributed by atoms with Crippen molar-refractivity contribution in [2.45, 2.75) is 36.6 Å². The number of aryl methyl sites for hydroxylation is 1. The molecule has 158 valence electrons. The summed E-state index contributed by atoms with van der Waals surface area (Å²) in [6, 6.07) is 15.1. The van der Waals surface area contributed by atoms with Gasteiger partial charge >= 0.3 is 0 Å². The number of benzene rings is 2. The summed E-state index contributed by atoms with van der Waals surface area (Å²) in [4.78, 5) is 7.76. The first kappa shape index (κ1) is 19.9. The molecule has 1 aliphatic rings. The van der Waals surface area contributed by atoms with Gasteiger partial charge in [-0.05, 0) is 84.8 Å². The molecule has 0 saturated heterocycles. The fourth-order valence-electron chi connectivity index (χ4n) is 4.31. The van der Waals surface area contributed by atoms with Crippen molar-refractivity contribution in [3.63, 3.8) is 0 Å². The van der Waals surface area contributed by atoms with Crippen LogP contribution in [0.5, 0.6) is 0 Å². The predicted molar refractivity (Wildman–Crippen MR) is 118 cm³/mol. The van der Waals surface area contributed by atoms with E-state index in [2.05, 4.69) is 39.0 Å². The third kappa shape index (κ3) is 4.11. The first-order valence-electron chi connectivity index (χ1n) is 10.3. The number of aromatic amines is 1. The molecule has 4 aromatic rings. The van der Waals surface area contributed by atoms with Gasteiger partial charge in [0.1, 0.15) is 5.82 Å². The van der Waals surface area contributed by atoms with E-state index in [1.54, 1.807) is 6.20 Å². The molecule has 2 aromatic carbocycles.